The minimum absolute atomic E-state index is 0.0347. The number of carbonyl (C=O) groups excluding carboxylic acids is 2. The van der Waals surface area contributed by atoms with E-state index in [2.05, 4.69) is 62.5 Å². The van der Waals surface area contributed by atoms with Crippen molar-refractivity contribution in [3.8, 4) is 0 Å². The first-order valence-corrected chi connectivity index (χ1v) is 28.8. The number of hydrogen-bond donors (Lipinski definition) is 0. The molecule has 0 spiro atoms. The summed E-state index contributed by atoms with van der Waals surface area (Å²) in [7, 11) is 1.16. The Morgan fingerprint density at radius 2 is 0.818 bits per heavy atom. The lowest BCUT2D eigenvalue weighted by molar-refractivity contribution is -0.870. The predicted octanol–water partition coefficient (Wildman–Crippen LogP) is 16.0. The molecule has 0 amide bonds. The van der Waals surface area contributed by atoms with Gasteiger partial charge in [-0.1, -0.05) is 204 Å². The molecule has 386 valence electrons. The van der Waals surface area contributed by atoms with Gasteiger partial charge in [0, 0.05) is 12.8 Å². The lowest BCUT2D eigenvalue weighted by Gasteiger charge is -2.28. The number of carbonyl (C=O) groups is 2. The highest BCUT2D eigenvalue weighted by atomic mass is 31.2. The number of esters is 2. The summed E-state index contributed by atoms with van der Waals surface area (Å²) in [6.45, 7) is 4.23. The number of hydrogen-bond acceptors (Lipinski definition) is 8. The van der Waals surface area contributed by atoms with E-state index in [-0.39, 0.29) is 32.0 Å². The summed E-state index contributed by atoms with van der Waals surface area (Å²) in [5.41, 5.74) is 0. The van der Waals surface area contributed by atoms with Gasteiger partial charge in [-0.2, -0.15) is 0 Å². The normalized spacial score (nSPS) is 13.7. The third-order valence-electron chi connectivity index (χ3n) is 11.8. The third-order valence-corrected chi connectivity index (χ3v) is 12.8. The Hall–Kier alpha value is -2.03. The molecular weight excluding hydrogens is 846 g/mol. The van der Waals surface area contributed by atoms with Crippen LogP contribution in [0.1, 0.15) is 245 Å². The van der Waals surface area contributed by atoms with E-state index in [1.54, 1.807) is 0 Å². The Balaban J connectivity index is 4.25. The van der Waals surface area contributed by atoms with Crippen molar-refractivity contribution < 1.29 is 42.1 Å². The smallest absolute Gasteiger partial charge is 0.306 e. The Bertz CT molecular complexity index is 1260. The molecule has 0 aromatic heterocycles. The highest BCUT2D eigenvalue weighted by Crippen LogP contribution is 2.38. The van der Waals surface area contributed by atoms with Gasteiger partial charge in [0.25, 0.3) is 7.82 Å². The van der Waals surface area contributed by atoms with Gasteiger partial charge in [0.05, 0.1) is 27.7 Å². The molecule has 0 N–H and O–H groups in total. The number of ether oxygens (including phenoxy) is 2. The SMILES string of the molecule is CCCCCCC/C=C\C/C=C\C/C=C\CCCCCCCCC(=O)OC(COC(=O)CCCCCCCCCCC/C=C\CCCCCCCCCC)COP(=O)([O-])OCC[N+](C)(C)C. The number of phosphoric ester groups is 1. The molecule has 0 saturated carbocycles. The van der Waals surface area contributed by atoms with Crippen LogP contribution in [0.5, 0.6) is 0 Å². The molecule has 0 aromatic rings. The van der Waals surface area contributed by atoms with Gasteiger partial charge in [-0.3, -0.25) is 14.2 Å². The zero-order valence-electron chi connectivity index (χ0n) is 43.6. The molecule has 0 aliphatic heterocycles. The average Bonchev–Trinajstić information content (AvgIpc) is 3.27. The fraction of sp³-hybridized carbons (Fsp3) is 0.821. The lowest BCUT2D eigenvalue weighted by atomic mass is 10.1. The maximum atomic E-state index is 12.8. The molecule has 0 heterocycles. The average molecular weight is 950 g/mol. The van der Waals surface area contributed by atoms with Crippen molar-refractivity contribution in [1.82, 2.24) is 0 Å². The monoisotopic (exact) mass is 950 g/mol. The second-order valence-electron chi connectivity index (χ2n) is 19.6. The van der Waals surface area contributed by atoms with Gasteiger partial charge in [0.2, 0.25) is 0 Å². The summed E-state index contributed by atoms with van der Waals surface area (Å²) in [5, 5.41) is 0. The van der Waals surface area contributed by atoms with E-state index in [1.807, 2.05) is 21.1 Å². The molecule has 0 fully saturated rings. The van der Waals surface area contributed by atoms with Crippen molar-refractivity contribution in [2.75, 3.05) is 47.5 Å². The van der Waals surface area contributed by atoms with Gasteiger partial charge in [-0.05, 0) is 77.0 Å². The van der Waals surface area contributed by atoms with Crippen molar-refractivity contribution in [2.45, 2.75) is 251 Å². The van der Waals surface area contributed by atoms with Crippen LogP contribution in [0.2, 0.25) is 0 Å². The van der Waals surface area contributed by atoms with Gasteiger partial charge < -0.3 is 27.9 Å². The number of allylic oxidation sites excluding steroid dienone is 8. The summed E-state index contributed by atoms with van der Waals surface area (Å²) in [5.74, 6) is -0.845. The molecule has 0 saturated heterocycles. The fourth-order valence-electron chi connectivity index (χ4n) is 7.54. The van der Waals surface area contributed by atoms with Crippen LogP contribution in [-0.2, 0) is 32.7 Å². The molecule has 0 aliphatic rings. The molecule has 0 aromatic carbocycles. The highest BCUT2D eigenvalue weighted by Gasteiger charge is 2.21. The van der Waals surface area contributed by atoms with Crippen molar-refractivity contribution in [2.24, 2.45) is 0 Å². The quantitative estimate of drug-likeness (QED) is 0.0195. The number of unbranched alkanes of at least 4 members (excludes halogenated alkanes) is 28. The maximum absolute atomic E-state index is 12.8. The molecule has 9 nitrogen and oxygen atoms in total. The van der Waals surface area contributed by atoms with Gasteiger partial charge in [0.15, 0.2) is 6.10 Å². The van der Waals surface area contributed by atoms with Crippen LogP contribution in [0.15, 0.2) is 48.6 Å². The van der Waals surface area contributed by atoms with Crippen molar-refractivity contribution in [3.63, 3.8) is 0 Å². The van der Waals surface area contributed by atoms with E-state index >= 15 is 0 Å². The van der Waals surface area contributed by atoms with Crippen LogP contribution in [0.25, 0.3) is 0 Å². The van der Waals surface area contributed by atoms with Crippen molar-refractivity contribution in [1.29, 1.82) is 0 Å². The van der Waals surface area contributed by atoms with E-state index in [9.17, 15) is 19.0 Å². The molecule has 0 aliphatic carbocycles. The first-order chi connectivity index (χ1) is 32.0. The minimum atomic E-state index is -4.64. The van der Waals surface area contributed by atoms with Gasteiger partial charge in [-0.25, -0.2) is 0 Å². The fourth-order valence-corrected chi connectivity index (χ4v) is 8.27. The Morgan fingerprint density at radius 3 is 1.23 bits per heavy atom. The van der Waals surface area contributed by atoms with E-state index in [0.717, 1.165) is 70.6 Å². The largest absolute Gasteiger partial charge is 0.756 e. The molecule has 66 heavy (non-hydrogen) atoms. The Morgan fingerprint density at radius 1 is 0.470 bits per heavy atom. The molecule has 0 bridgehead atoms. The van der Waals surface area contributed by atoms with Gasteiger partial charge >= 0.3 is 11.9 Å². The second-order valence-corrected chi connectivity index (χ2v) is 21.0. The van der Waals surface area contributed by atoms with Crippen LogP contribution in [0, 0.1) is 0 Å². The number of quaternary nitrogens is 1. The van der Waals surface area contributed by atoms with Crippen LogP contribution >= 0.6 is 7.82 Å². The molecular formula is C56H104NO8P. The second kappa shape index (κ2) is 48.0. The molecule has 0 radical (unpaired) electrons. The van der Waals surface area contributed by atoms with E-state index in [0.29, 0.717) is 17.4 Å². The summed E-state index contributed by atoms with van der Waals surface area (Å²) in [6, 6.07) is 0. The van der Waals surface area contributed by atoms with Crippen LogP contribution in [-0.4, -0.2) is 70.0 Å². The van der Waals surface area contributed by atoms with E-state index < -0.39 is 26.5 Å². The number of likely N-dealkylation sites (N-methyl/N-ethyl adjacent to an activating group) is 1. The zero-order valence-corrected chi connectivity index (χ0v) is 44.5. The predicted molar refractivity (Wildman–Crippen MR) is 277 cm³/mol. The summed E-state index contributed by atoms with van der Waals surface area (Å²) >= 11 is 0. The first kappa shape index (κ1) is 64.0. The van der Waals surface area contributed by atoms with E-state index in [1.165, 1.54) is 141 Å². The maximum Gasteiger partial charge on any atom is 0.306 e. The topological polar surface area (TPSA) is 111 Å². The summed E-state index contributed by atoms with van der Waals surface area (Å²) in [6.07, 6.45) is 58.5. The lowest BCUT2D eigenvalue weighted by Crippen LogP contribution is -2.37. The third kappa shape index (κ3) is 51.4. The van der Waals surface area contributed by atoms with Crippen molar-refractivity contribution >= 4 is 19.8 Å². The van der Waals surface area contributed by atoms with Crippen LogP contribution < -0.4 is 4.89 Å². The molecule has 2 atom stereocenters. The van der Waals surface area contributed by atoms with Crippen molar-refractivity contribution in [3.05, 3.63) is 48.6 Å². The van der Waals surface area contributed by atoms with Gasteiger partial charge in [0.1, 0.15) is 19.8 Å². The first-order valence-electron chi connectivity index (χ1n) is 27.3. The Kier molecular flexibility index (Phi) is 46.5. The number of phosphoric acid groups is 1. The van der Waals surface area contributed by atoms with Crippen LogP contribution in [0.3, 0.4) is 0 Å². The Labute approximate surface area is 407 Å². The molecule has 10 heteroatoms. The summed E-state index contributed by atoms with van der Waals surface area (Å²) < 4.78 is 34.1. The minimum Gasteiger partial charge on any atom is -0.756 e. The van der Waals surface area contributed by atoms with Gasteiger partial charge in [-0.15, -0.1) is 0 Å². The standard InChI is InChI=1S/C56H104NO8P/c1-6-8-10-12-14-16-18-20-22-24-26-28-30-32-34-36-38-40-42-44-46-48-55(58)62-52-54(53-64-66(60,61)63-51-50-57(3,4)5)65-56(59)49-47-45-43-41-39-37-35-33-31-29-27-25-23-21-19-17-15-13-11-9-7-2/h19,21,24-27,31,33,54H,6-18,20,22-23,28-30,32,34-53H2,1-5H3/b21-19-,26-24-,27-25-,33-31-. The number of rotatable bonds is 50. The summed E-state index contributed by atoms with van der Waals surface area (Å²) in [4.78, 5) is 37.8. The van der Waals surface area contributed by atoms with E-state index in [4.69, 9.17) is 18.5 Å². The number of nitrogens with zero attached hydrogens (tertiary/aromatic N) is 1. The van der Waals surface area contributed by atoms with Crippen LogP contribution in [0.4, 0.5) is 0 Å². The highest BCUT2D eigenvalue weighted by molar-refractivity contribution is 7.45. The molecule has 2 unspecified atom stereocenters. The molecule has 0 rings (SSSR count). The zero-order chi connectivity index (χ0) is 48.5.